The molecule has 0 saturated heterocycles. The maximum atomic E-state index is 5.38. The van der Waals surface area contributed by atoms with Gasteiger partial charge < -0.3 is 9.42 Å². The zero-order valence-corrected chi connectivity index (χ0v) is 11.1. The van der Waals surface area contributed by atoms with Gasteiger partial charge in [0.1, 0.15) is 5.69 Å². The first-order valence-corrected chi connectivity index (χ1v) is 6.30. The minimum atomic E-state index is 0.650. The van der Waals surface area contributed by atoms with Gasteiger partial charge in [-0.1, -0.05) is 5.16 Å². The second kappa shape index (κ2) is 5.52. The smallest absolute Gasteiger partial charge is 0.156 e. The third kappa shape index (κ3) is 2.66. The van der Waals surface area contributed by atoms with Crippen LogP contribution in [0.2, 0.25) is 0 Å². The van der Waals surface area contributed by atoms with E-state index in [1.165, 1.54) is 0 Å². The summed E-state index contributed by atoms with van der Waals surface area (Å²) in [5, 5.41) is 4.08. The summed E-state index contributed by atoms with van der Waals surface area (Å²) in [5.74, 6) is 0.808. The fraction of sp³-hybridized carbons (Fsp3) is 0.133. The summed E-state index contributed by atoms with van der Waals surface area (Å²) in [7, 11) is 2.00. The van der Waals surface area contributed by atoms with Crippen LogP contribution in [0.1, 0.15) is 5.76 Å². The lowest BCUT2D eigenvalue weighted by molar-refractivity contribution is 0.385. The zero-order valence-electron chi connectivity index (χ0n) is 11.1. The molecule has 3 aromatic rings. The molecule has 0 amide bonds. The minimum Gasteiger partial charge on any atom is -0.367 e. The van der Waals surface area contributed by atoms with Gasteiger partial charge in [0.15, 0.2) is 5.76 Å². The van der Waals surface area contributed by atoms with Gasteiger partial charge in [0, 0.05) is 49.2 Å². The molecule has 0 aliphatic rings. The van der Waals surface area contributed by atoms with E-state index < -0.39 is 0 Å². The van der Waals surface area contributed by atoms with Crippen LogP contribution in [0.5, 0.6) is 0 Å². The molecule has 0 unspecified atom stereocenters. The van der Waals surface area contributed by atoms with Crippen molar-refractivity contribution < 1.29 is 4.52 Å². The molecule has 20 heavy (non-hydrogen) atoms. The Morgan fingerprint density at radius 3 is 2.70 bits per heavy atom. The van der Waals surface area contributed by atoms with Crippen LogP contribution in [0.3, 0.4) is 0 Å². The molecular weight excluding hydrogens is 252 g/mol. The van der Waals surface area contributed by atoms with Crippen molar-refractivity contribution in [2.75, 3.05) is 11.9 Å². The van der Waals surface area contributed by atoms with Crippen LogP contribution in [0.15, 0.2) is 59.6 Å². The number of nitrogens with zero attached hydrogens (tertiary/aromatic N) is 4. The van der Waals surface area contributed by atoms with E-state index in [1.807, 2.05) is 37.4 Å². The number of pyridine rings is 2. The molecule has 5 heteroatoms. The average Bonchev–Trinajstić information content (AvgIpc) is 2.97. The molecule has 5 nitrogen and oxygen atoms in total. The average molecular weight is 266 g/mol. The SMILES string of the molecule is CN(Cc1cc(-c2cccnc2)no1)c1ccncc1. The summed E-state index contributed by atoms with van der Waals surface area (Å²) in [5.41, 5.74) is 2.84. The van der Waals surface area contributed by atoms with E-state index in [9.17, 15) is 0 Å². The fourth-order valence-electron chi connectivity index (χ4n) is 1.96. The van der Waals surface area contributed by atoms with Gasteiger partial charge in [-0.3, -0.25) is 9.97 Å². The Hall–Kier alpha value is -2.69. The fourth-order valence-corrected chi connectivity index (χ4v) is 1.96. The molecule has 0 radical (unpaired) electrons. The van der Waals surface area contributed by atoms with Gasteiger partial charge >= 0.3 is 0 Å². The molecule has 0 bridgehead atoms. The van der Waals surface area contributed by atoms with Gasteiger partial charge in [0.2, 0.25) is 0 Å². The zero-order chi connectivity index (χ0) is 13.8. The molecule has 100 valence electrons. The van der Waals surface area contributed by atoms with Gasteiger partial charge in [-0.15, -0.1) is 0 Å². The van der Waals surface area contributed by atoms with Crippen molar-refractivity contribution in [2.24, 2.45) is 0 Å². The highest BCUT2D eigenvalue weighted by Crippen LogP contribution is 2.20. The third-order valence-corrected chi connectivity index (χ3v) is 3.01. The van der Waals surface area contributed by atoms with E-state index in [1.54, 1.807) is 24.8 Å². The van der Waals surface area contributed by atoms with Crippen molar-refractivity contribution in [3.63, 3.8) is 0 Å². The summed E-state index contributed by atoms with van der Waals surface area (Å²) in [4.78, 5) is 10.2. The molecule has 0 aliphatic heterocycles. The number of anilines is 1. The van der Waals surface area contributed by atoms with E-state index in [0.29, 0.717) is 6.54 Å². The summed E-state index contributed by atoms with van der Waals surface area (Å²) >= 11 is 0. The van der Waals surface area contributed by atoms with Crippen LogP contribution < -0.4 is 4.90 Å². The lowest BCUT2D eigenvalue weighted by Gasteiger charge is -2.16. The lowest BCUT2D eigenvalue weighted by Crippen LogP contribution is -2.15. The molecule has 3 rings (SSSR count). The maximum Gasteiger partial charge on any atom is 0.156 e. The van der Waals surface area contributed by atoms with Crippen LogP contribution in [-0.4, -0.2) is 22.2 Å². The maximum absolute atomic E-state index is 5.38. The van der Waals surface area contributed by atoms with E-state index in [2.05, 4.69) is 20.0 Å². The number of rotatable bonds is 4. The van der Waals surface area contributed by atoms with Crippen LogP contribution in [-0.2, 0) is 6.54 Å². The van der Waals surface area contributed by atoms with E-state index in [0.717, 1.165) is 22.7 Å². The first kappa shape index (κ1) is 12.3. The highest BCUT2D eigenvalue weighted by molar-refractivity contribution is 5.57. The molecule has 0 aliphatic carbocycles. The lowest BCUT2D eigenvalue weighted by atomic mass is 10.2. The second-order valence-corrected chi connectivity index (χ2v) is 4.48. The molecule has 0 fully saturated rings. The number of hydrogen-bond acceptors (Lipinski definition) is 5. The van der Waals surface area contributed by atoms with Crippen molar-refractivity contribution in [3.05, 3.63) is 60.9 Å². The standard InChI is InChI=1S/C15H14N4O/c1-19(13-4-7-16-8-5-13)11-14-9-15(18-20-14)12-3-2-6-17-10-12/h2-10H,11H2,1H3. The summed E-state index contributed by atoms with van der Waals surface area (Å²) in [6.07, 6.45) is 7.05. The first-order valence-electron chi connectivity index (χ1n) is 6.30. The predicted molar refractivity (Wildman–Crippen MR) is 76.1 cm³/mol. The van der Waals surface area contributed by atoms with Crippen molar-refractivity contribution in [1.29, 1.82) is 0 Å². The number of hydrogen-bond donors (Lipinski definition) is 0. The minimum absolute atomic E-state index is 0.650. The van der Waals surface area contributed by atoms with Crippen molar-refractivity contribution in [3.8, 4) is 11.3 Å². The first-order chi connectivity index (χ1) is 9.83. The molecule has 0 spiro atoms. The highest BCUT2D eigenvalue weighted by atomic mass is 16.5. The monoisotopic (exact) mass is 266 g/mol. The Kier molecular flexibility index (Phi) is 3.41. The molecule has 0 saturated carbocycles. The molecule has 3 aromatic heterocycles. The van der Waals surface area contributed by atoms with E-state index in [-0.39, 0.29) is 0 Å². The van der Waals surface area contributed by atoms with Gasteiger partial charge in [0.25, 0.3) is 0 Å². The summed E-state index contributed by atoms with van der Waals surface area (Å²) < 4.78 is 5.38. The Morgan fingerprint density at radius 2 is 1.95 bits per heavy atom. The van der Waals surface area contributed by atoms with Crippen LogP contribution >= 0.6 is 0 Å². The molecule has 0 N–H and O–H groups in total. The molecule has 0 aromatic carbocycles. The quantitative estimate of drug-likeness (QED) is 0.726. The highest BCUT2D eigenvalue weighted by Gasteiger charge is 2.09. The Labute approximate surface area is 116 Å². The van der Waals surface area contributed by atoms with Crippen LogP contribution in [0.4, 0.5) is 5.69 Å². The molecular formula is C15H14N4O. The Morgan fingerprint density at radius 1 is 1.10 bits per heavy atom. The van der Waals surface area contributed by atoms with Gasteiger partial charge in [-0.2, -0.15) is 0 Å². The van der Waals surface area contributed by atoms with Crippen LogP contribution in [0, 0.1) is 0 Å². The summed E-state index contributed by atoms with van der Waals surface area (Å²) in [6.45, 7) is 0.650. The third-order valence-electron chi connectivity index (χ3n) is 3.01. The van der Waals surface area contributed by atoms with E-state index >= 15 is 0 Å². The van der Waals surface area contributed by atoms with Crippen molar-refractivity contribution in [1.82, 2.24) is 15.1 Å². The van der Waals surface area contributed by atoms with E-state index in [4.69, 9.17) is 4.52 Å². The number of aromatic nitrogens is 3. The topological polar surface area (TPSA) is 55.1 Å². The van der Waals surface area contributed by atoms with Crippen molar-refractivity contribution in [2.45, 2.75) is 6.54 Å². The Bertz CT molecular complexity index is 667. The molecule has 3 heterocycles. The normalized spacial score (nSPS) is 10.4. The summed E-state index contributed by atoms with van der Waals surface area (Å²) in [6, 6.07) is 9.69. The van der Waals surface area contributed by atoms with Crippen molar-refractivity contribution >= 4 is 5.69 Å². The van der Waals surface area contributed by atoms with Gasteiger partial charge in [0.05, 0.1) is 6.54 Å². The van der Waals surface area contributed by atoms with Crippen LogP contribution in [0.25, 0.3) is 11.3 Å². The van der Waals surface area contributed by atoms with Gasteiger partial charge in [-0.05, 0) is 24.3 Å². The van der Waals surface area contributed by atoms with Gasteiger partial charge in [-0.25, -0.2) is 0 Å². The predicted octanol–water partition coefficient (Wildman–Crippen LogP) is 2.77. The molecule has 0 atom stereocenters. The second-order valence-electron chi connectivity index (χ2n) is 4.48. The largest absolute Gasteiger partial charge is 0.367 e. The Balaban J connectivity index is 1.75.